The normalized spacial score (nSPS) is 11.6. The summed E-state index contributed by atoms with van der Waals surface area (Å²) in [4.78, 5) is 0. The van der Waals surface area contributed by atoms with E-state index >= 15 is 0 Å². The number of aliphatic hydroxyl groups excluding tert-OH is 2. The van der Waals surface area contributed by atoms with Gasteiger partial charge in [-0.2, -0.15) is 0 Å². The lowest BCUT2D eigenvalue weighted by Gasteiger charge is -2.07. The summed E-state index contributed by atoms with van der Waals surface area (Å²) in [5.74, 6) is 0.574. The summed E-state index contributed by atoms with van der Waals surface area (Å²) in [7, 11) is 0. The van der Waals surface area contributed by atoms with E-state index < -0.39 is 0 Å². The first-order valence-corrected chi connectivity index (χ1v) is 7.59. The van der Waals surface area contributed by atoms with E-state index in [2.05, 4.69) is 10.6 Å². The van der Waals surface area contributed by atoms with Crippen molar-refractivity contribution >= 4 is 22.0 Å². The molecule has 4 heteroatoms. The monoisotopic (exact) mass is 307 g/mol. The minimum Gasteiger partial charge on any atom is -0.456 e. The molecule has 0 amide bonds. The molecule has 0 aliphatic carbocycles. The Balaban J connectivity index is 1.86. The molecule has 0 atom stereocenters. The van der Waals surface area contributed by atoms with Gasteiger partial charge in [0.25, 0.3) is 0 Å². The first-order valence-electron chi connectivity index (χ1n) is 7.59. The van der Waals surface area contributed by atoms with Gasteiger partial charge in [-0.25, -0.2) is 0 Å². The highest BCUT2D eigenvalue weighted by molar-refractivity contribution is 6.05. The van der Waals surface area contributed by atoms with Crippen LogP contribution in [0.4, 0.5) is 0 Å². The van der Waals surface area contributed by atoms with Crippen LogP contribution in [0.3, 0.4) is 0 Å². The standard InChI is InChI=1S/C19H17NO3/c21-11-14-7-5-13(6-8-14)10-20-17-4-2-1-3-16(17)19-18(20)9-15(12-22)23-19/h1-9,21-22H,10-12H2. The largest absolute Gasteiger partial charge is 0.456 e. The lowest BCUT2D eigenvalue weighted by Crippen LogP contribution is -1.99. The number of rotatable bonds is 4. The van der Waals surface area contributed by atoms with Crippen LogP contribution in [0.1, 0.15) is 16.9 Å². The Morgan fingerprint density at radius 2 is 1.57 bits per heavy atom. The van der Waals surface area contributed by atoms with Crippen LogP contribution in [0.5, 0.6) is 0 Å². The maximum atomic E-state index is 9.34. The number of hydrogen-bond donors (Lipinski definition) is 2. The zero-order valence-corrected chi connectivity index (χ0v) is 12.6. The number of para-hydroxylation sites is 1. The van der Waals surface area contributed by atoms with Crippen molar-refractivity contribution in [2.45, 2.75) is 19.8 Å². The Hall–Kier alpha value is -2.56. The van der Waals surface area contributed by atoms with Crippen molar-refractivity contribution in [2.24, 2.45) is 0 Å². The molecule has 4 nitrogen and oxygen atoms in total. The van der Waals surface area contributed by atoms with Crippen LogP contribution in [-0.2, 0) is 19.8 Å². The summed E-state index contributed by atoms with van der Waals surface area (Å²) in [6.07, 6.45) is 0. The third-order valence-electron chi connectivity index (χ3n) is 4.20. The van der Waals surface area contributed by atoms with Gasteiger partial charge in [0, 0.05) is 18.0 Å². The van der Waals surface area contributed by atoms with E-state index in [1.54, 1.807) is 0 Å². The predicted octanol–water partition coefficient (Wildman–Crippen LogP) is 3.42. The Morgan fingerprint density at radius 3 is 2.30 bits per heavy atom. The summed E-state index contributed by atoms with van der Waals surface area (Å²) in [5, 5.41) is 19.5. The molecule has 0 aliphatic rings. The minimum absolute atomic E-state index is 0.0541. The summed E-state index contributed by atoms with van der Waals surface area (Å²) < 4.78 is 7.98. The van der Waals surface area contributed by atoms with Gasteiger partial charge in [0.2, 0.25) is 0 Å². The van der Waals surface area contributed by atoms with Crippen molar-refractivity contribution < 1.29 is 14.6 Å². The number of furan rings is 1. The number of fused-ring (bicyclic) bond motifs is 3. The van der Waals surface area contributed by atoms with Crippen molar-refractivity contribution in [1.29, 1.82) is 0 Å². The highest BCUT2D eigenvalue weighted by Crippen LogP contribution is 2.32. The predicted molar refractivity (Wildman–Crippen MR) is 89.1 cm³/mol. The topological polar surface area (TPSA) is 58.5 Å². The second-order valence-corrected chi connectivity index (χ2v) is 5.66. The van der Waals surface area contributed by atoms with E-state index in [4.69, 9.17) is 9.52 Å². The third kappa shape index (κ3) is 2.32. The van der Waals surface area contributed by atoms with E-state index in [9.17, 15) is 5.11 Å². The number of aliphatic hydroxyl groups is 2. The second kappa shape index (κ2) is 5.57. The molecule has 2 N–H and O–H groups in total. The van der Waals surface area contributed by atoms with E-state index in [1.165, 1.54) is 0 Å². The molecular weight excluding hydrogens is 290 g/mol. The molecule has 2 heterocycles. The highest BCUT2D eigenvalue weighted by Gasteiger charge is 2.15. The SMILES string of the molecule is OCc1ccc(Cn2c3ccccc3c3oc(CO)cc32)cc1. The maximum Gasteiger partial charge on any atom is 0.160 e. The third-order valence-corrected chi connectivity index (χ3v) is 4.20. The maximum absolute atomic E-state index is 9.34. The Kier molecular flexibility index (Phi) is 3.41. The molecule has 0 saturated carbocycles. The van der Waals surface area contributed by atoms with Crippen LogP contribution >= 0.6 is 0 Å². The zero-order valence-electron chi connectivity index (χ0n) is 12.6. The Bertz CT molecular complexity index is 964. The molecule has 0 unspecified atom stereocenters. The van der Waals surface area contributed by atoms with Gasteiger partial charge in [0.1, 0.15) is 12.4 Å². The molecule has 0 fully saturated rings. The molecule has 0 spiro atoms. The van der Waals surface area contributed by atoms with Crippen LogP contribution in [-0.4, -0.2) is 14.8 Å². The van der Waals surface area contributed by atoms with Gasteiger partial charge in [-0.15, -0.1) is 0 Å². The average molecular weight is 307 g/mol. The van der Waals surface area contributed by atoms with Gasteiger partial charge in [0.05, 0.1) is 17.6 Å². The van der Waals surface area contributed by atoms with Crippen molar-refractivity contribution in [2.75, 3.05) is 0 Å². The smallest absolute Gasteiger partial charge is 0.160 e. The van der Waals surface area contributed by atoms with Gasteiger partial charge in [-0.1, -0.05) is 36.4 Å². The van der Waals surface area contributed by atoms with Gasteiger partial charge >= 0.3 is 0 Å². The Labute approximate surface area is 133 Å². The van der Waals surface area contributed by atoms with Gasteiger partial charge in [-0.05, 0) is 23.3 Å². The fourth-order valence-corrected chi connectivity index (χ4v) is 3.04. The van der Waals surface area contributed by atoms with E-state index in [1.807, 2.05) is 48.5 Å². The van der Waals surface area contributed by atoms with Crippen LogP contribution in [0.25, 0.3) is 22.0 Å². The lowest BCUT2D eigenvalue weighted by molar-refractivity contribution is 0.251. The zero-order chi connectivity index (χ0) is 15.8. The first kappa shape index (κ1) is 14.1. The highest BCUT2D eigenvalue weighted by atomic mass is 16.4. The van der Waals surface area contributed by atoms with Crippen LogP contribution in [0, 0.1) is 0 Å². The van der Waals surface area contributed by atoms with E-state index in [-0.39, 0.29) is 13.2 Å². The molecule has 2 aromatic heterocycles. The van der Waals surface area contributed by atoms with Crippen molar-refractivity contribution in [3.63, 3.8) is 0 Å². The number of aromatic nitrogens is 1. The summed E-state index contributed by atoms with van der Waals surface area (Å²) >= 11 is 0. The molecule has 23 heavy (non-hydrogen) atoms. The fraction of sp³-hybridized carbons (Fsp3) is 0.158. The molecule has 4 rings (SSSR count). The minimum atomic E-state index is -0.103. The molecular formula is C19H17NO3. The second-order valence-electron chi connectivity index (χ2n) is 5.66. The average Bonchev–Trinajstić information content (AvgIpc) is 3.14. The molecule has 116 valence electrons. The number of nitrogens with zero attached hydrogens (tertiary/aromatic N) is 1. The summed E-state index contributed by atoms with van der Waals surface area (Å²) in [5.41, 5.74) is 4.97. The molecule has 0 bridgehead atoms. The quantitative estimate of drug-likeness (QED) is 0.607. The lowest BCUT2D eigenvalue weighted by atomic mass is 10.1. The molecule has 0 aliphatic heterocycles. The van der Waals surface area contributed by atoms with Crippen molar-refractivity contribution in [3.05, 3.63) is 71.5 Å². The van der Waals surface area contributed by atoms with Gasteiger partial charge in [0.15, 0.2) is 5.58 Å². The molecule has 0 radical (unpaired) electrons. The van der Waals surface area contributed by atoms with Crippen LogP contribution < -0.4 is 0 Å². The number of benzene rings is 2. The first-order chi connectivity index (χ1) is 11.3. The van der Waals surface area contributed by atoms with E-state index in [0.29, 0.717) is 12.3 Å². The molecule has 0 saturated heterocycles. The fourth-order valence-electron chi connectivity index (χ4n) is 3.04. The Morgan fingerprint density at radius 1 is 0.826 bits per heavy atom. The number of hydrogen-bond acceptors (Lipinski definition) is 3. The molecule has 2 aromatic carbocycles. The van der Waals surface area contributed by atoms with Gasteiger partial charge < -0.3 is 19.2 Å². The van der Waals surface area contributed by atoms with Crippen LogP contribution in [0.15, 0.2) is 59.0 Å². The van der Waals surface area contributed by atoms with Crippen molar-refractivity contribution in [3.8, 4) is 0 Å². The molecule has 4 aromatic rings. The summed E-state index contributed by atoms with van der Waals surface area (Å²) in [6.45, 7) is 0.660. The van der Waals surface area contributed by atoms with E-state index in [0.717, 1.165) is 33.1 Å². The summed E-state index contributed by atoms with van der Waals surface area (Å²) in [6, 6.07) is 17.9. The van der Waals surface area contributed by atoms with Gasteiger partial charge in [-0.3, -0.25) is 0 Å². The van der Waals surface area contributed by atoms with Crippen LogP contribution in [0.2, 0.25) is 0 Å². The van der Waals surface area contributed by atoms with Crippen molar-refractivity contribution in [1.82, 2.24) is 4.57 Å².